The Bertz CT molecular complexity index is 882. The second-order valence-electron chi connectivity index (χ2n) is 7.18. The molecule has 0 atom stereocenters. The van der Waals surface area contributed by atoms with Crippen molar-refractivity contribution in [2.24, 2.45) is 5.92 Å². The molecule has 0 unspecified atom stereocenters. The van der Waals surface area contributed by atoms with E-state index >= 15 is 0 Å². The molecule has 1 heterocycles. The molecule has 27 heavy (non-hydrogen) atoms. The third-order valence-corrected chi connectivity index (χ3v) is 7.09. The van der Waals surface area contributed by atoms with E-state index in [9.17, 15) is 13.2 Å². The van der Waals surface area contributed by atoms with Crippen LogP contribution in [0.3, 0.4) is 0 Å². The van der Waals surface area contributed by atoms with Gasteiger partial charge in [0.15, 0.2) is 0 Å². The first-order valence-corrected chi connectivity index (χ1v) is 10.7. The number of sulfonamides is 1. The molecule has 5 nitrogen and oxygen atoms in total. The van der Waals surface area contributed by atoms with Crippen LogP contribution in [-0.4, -0.2) is 31.7 Å². The van der Waals surface area contributed by atoms with Crippen molar-refractivity contribution in [1.29, 1.82) is 0 Å². The Morgan fingerprint density at radius 3 is 2.19 bits per heavy atom. The molecule has 6 heteroatoms. The number of piperidine rings is 1. The first-order valence-electron chi connectivity index (χ1n) is 9.29. The minimum Gasteiger partial charge on any atom is -0.326 e. The van der Waals surface area contributed by atoms with Gasteiger partial charge in [-0.05, 0) is 55.9 Å². The molecule has 0 spiro atoms. The van der Waals surface area contributed by atoms with E-state index < -0.39 is 10.0 Å². The third kappa shape index (κ3) is 4.57. The molecule has 2 aromatic carbocycles. The summed E-state index contributed by atoms with van der Waals surface area (Å²) in [6, 6.07) is 14.5. The average Bonchev–Trinajstić information content (AvgIpc) is 2.66. The molecule has 1 aliphatic heterocycles. The smallest absolute Gasteiger partial charge is 0.243 e. The van der Waals surface area contributed by atoms with Gasteiger partial charge in [0.1, 0.15) is 0 Å². The Hall–Kier alpha value is -2.18. The van der Waals surface area contributed by atoms with Crippen LogP contribution in [0.1, 0.15) is 30.4 Å². The number of amides is 1. The first kappa shape index (κ1) is 19.6. The molecule has 1 saturated heterocycles. The summed E-state index contributed by atoms with van der Waals surface area (Å²) in [5.41, 5.74) is 2.98. The maximum atomic E-state index is 12.7. The highest BCUT2D eigenvalue weighted by Crippen LogP contribution is 2.26. The van der Waals surface area contributed by atoms with Gasteiger partial charge in [-0.15, -0.1) is 0 Å². The lowest BCUT2D eigenvalue weighted by molar-refractivity contribution is -0.117. The van der Waals surface area contributed by atoms with E-state index in [0.717, 1.165) is 16.8 Å². The zero-order valence-electron chi connectivity index (χ0n) is 15.8. The van der Waals surface area contributed by atoms with Gasteiger partial charge in [0.05, 0.1) is 4.90 Å². The largest absolute Gasteiger partial charge is 0.326 e. The molecule has 1 amide bonds. The van der Waals surface area contributed by atoms with Crippen LogP contribution >= 0.6 is 0 Å². The van der Waals surface area contributed by atoms with E-state index in [1.54, 1.807) is 30.3 Å². The van der Waals surface area contributed by atoms with Gasteiger partial charge in [-0.1, -0.05) is 36.4 Å². The normalized spacial score (nSPS) is 16.2. The minimum atomic E-state index is -3.44. The molecular weight excluding hydrogens is 360 g/mol. The number of para-hydroxylation sites is 1. The molecule has 0 saturated carbocycles. The fraction of sp³-hybridized carbons (Fsp3) is 0.381. The van der Waals surface area contributed by atoms with Gasteiger partial charge in [0.2, 0.25) is 15.9 Å². The highest BCUT2D eigenvalue weighted by atomic mass is 32.2. The van der Waals surface area contributed by atoms with Crippen LogP contribution in [0.5, 0.6) is 0 Å². The zero-order chi connectivity index (χ0) is 19.4. The number of benzene rings is 2. The summed E-state index contributed by atoms with van der Waals surface area (Å²) < 4.78 is 26.9. The van der Waals surface area contributed by atoms with Crippen molar-refractivity contribution in [1.82, 2.24) is 4.31 Å². The molecule has 3 rings (SSSR count). The SMILES string of the molecule is Cc1cccc(C)c1NC(=O)CC1CCN(S(=O)(=O)c2ccccc2)CC1. The maximum Gasteiger partial charge on any atom is 0.243 e. The number of carbonyl (C=O) groups excluding carboxylic acids is 1. The molecular formula is C21H26N2O3S. The van der Waals surface area contributed by atoms with Gasteiger partial charge in [-0.2, -0.15) is 4.31 Å². The molecule has 0 radical (unpaired) electrons. The van der Waals surface area contributed by atoms with Crippen LogP contribution in [0.15, 0.2) is 53.4 Å². The van der Waals surface area contributed by atoms with Gasteiger partial charge in [-0.3, -0.25) is 4.79 Å². The van der Waals surface area contributed by atoms with E-state index in [2.05, 4.69) is 5.32 Å². The summed E-state index contributed by atoms with van der Waals surface area (Å²) in [6.45, 7) is 4.88. The lowest BCUT2D eigenvalue weighted by Gasteiger charge is -2.31. The first-order chi connectivity index (χ1) is 12.9. The molecule has 2 aromatic rings. The van der Waals surface area contributed by atoms with E-state index in [1.165, 1.54) is 4.31 Å². The Kier molecular flexibility index (Phi) is 5.97. The van der Waals surface area contributed by atoms with E-state index in [1.807, 2.05) is 32.0 Å². The minimum absolute atomic E-state index is 0.00299. The van der Waals surface area contributed by atoms with Crippen molar-refractivity contribution < 1.29 is 13.2 Å². The van der Waals surface area contributed by atoms with Gasteiger partial charge in [0, 0.05) is 25.2 Å². The quantitative estimate of drug-likeness (QED) is 0.851. The number of anilines is 1. The summed E-state index contributed by atoms with van der Waals surface area (Å²) in [5, 5.41) is 3.02. The highest BCUT2D eigenvalue weighted by molar-refractivity contribution is 7.89. The van der Waals surface area contributed by atoms with Crippen LogP contribution in [0.25, 0.3) is 0 Å². The van der Waals surface area contributed by atoms with Gasteiger partial charge in [-0.25, -0.2) is 8.42 Å². The zero-order valence-corrected chi connectivity index (χ0v) is 16.6. The second-order valence-corrected chi connectivity index (χ2v) is 9.12. The fourth-order valence-electron chi connectivity index (χ4n) is 3.56. The predicted molar refractivity (Wildman–Crippen MR) is 107 cm³/mol. The molecule has 1 N–H and O–H groups in total. The van der Waals surface area contributed by atoms with E-state index in [0.29, 0.717) is 37.2 Å². The van der Waals surface area contributed by atoms with Crippen LogP contribution in [0, 0.1) is 19.8 Å². The Morgan fingerprint density at radius 2 is 1.59 bits per heavy atom. The lowest BCUT2D eigenvalue weighted by atomic mass is 9.94. The second kappa shape index (κ2) is 8.23. The van der Waals surface area contributed by atoms with Crippen LogP contribution in [0.2, 0.25) is 0 Å². The molecule has 144 valence electrons. The summed E-state index contributed by atoms with van der Waals surface area (Å²) in [7, 11) is -3.44. The number of aryl methyl sites for hydroxylation is 2. The van der Waals surface area contributed by atoms with Gasteiger partial charge < -0.3 is 5.32 Å². The van der Waals surface area contributed by atoms with Crippen molar-refractivity contribution in [3.8, 4) is 0 Å². The number of nitrogens with one attached hydrogen (secondary N) is 1. The number of hydrogen-bond donors (Lipinski definition) is 1. The van der Waals surface area contributed by atoms with E-state index in [4.69, 9.17) is 0 Å². The predicted octanol–water partition coefficient (Wildman–Crippen LogP) is 3.73. The van der Waals surface area contributed by atoms with Crippen LogP contribution in [0.4, 0.5) is 5.69 Å². The van der Waals surface area contributed by atoms with Crippen molar-refractivity contribution in [3.05, 3.63) is 59.7 Å². The highest BCUT2D eigenvalue weighted by Gasteiger charge is 2.30. The number of hydrogen-bond acceptors (Lipinski definition) is 3. The fourth-order valence-corrected chi connectivity index (χ4v) is 5.05. The number of rotatable bonds is 5. The van der Waals surface area contributed by atoms with Gasteiger partial charge in [0.25, 0.3) is 0 Å². The number of carbonyl (C=O) groups is 1. The van der Waals surface area contributed by atoms with Crippen molar-refractivity contribution in [2.45, 2.75) is 38.0 Å². The molecule has 0 aromatic heterocycles. The number of nitrogens with zero attached hydrogens (tertiary/aromatic N) is 1. The van der Waals surface area contributed by atoms with Crippen LogP contribution in [-0.2, 0) is 14.8 Å². The Morgan fingerprint density at radius 1 is 1.00 bits per heavy atom. The van der Waals surface area contributed by atoms with Crippen molar-refractivity contribution in [2.75, 3.05) is 18.4 Å². The average molecular weight is 387 g/mol. The summed E-state index contributed by atoms with van der Waals surface area (Å²) in [5.74, 6) is 0.202. The summed E-state index contributed by atoms with van der Waals surface area (Å²) in [4.78, 5) is 12.8. The van der Waals surface area contributed by atoms with Crippen molar-refractivity contribution in [3.63, 3.8) is 0 Å². The van der Waals surface area contributed by atoms with Gasteiger partial charge >= 0.3 is 0 Å². The molecule has 1 fully saturated rings. The lowest BCUT2D eigenvalue weighted by Crippen LogP contribution is -2.39. The molecule has 0 bridgehead atoms. The third-order valence-electron chi connectivity index (χ3n) is 5.17. The Labute approximate surface area is 161 Å². The molecule has 0 aliphatic carbocycles. The topological polar surface area (TPSA) is 66.5 Å². The van der Waals surface area contributed by atoms with Crippen molar-refractivity contribution >= 4 is 21.6 Å². The summed E-state index contributed by atoms with van der Waals surface area (Å²) in [6.07, 6.45) is 1.82. The van der Waals surface area contributed by atoms with Crippen LogP contribution < -0.4 is 5.32 Å². The summed E-state index contributed by atoms with van der Waals surface area (Å²) >= 11 is 0. The monoisotopic (exact) mass is 386 g/mol. The van der Waals surface area contributed by atoms with E-state index in [-0.39, 0.29) is 11.8 Å². The Balaban J connectivity index is 1.56. The molecule has 1 aliphatic rings. The maximum absolute atomic E-state index is 12.7. The standard InChI is InChI=1S/C21H26N2O3S/c1-16-7-6-8-17(2)21(16)22-20(24)15-18-11-13-23(14-12-18)27(25,26)19-9-4-3-5-10-19/h3-10,18H,11-15H2,1-2H3,(H,22,24).